The number of para-hydroxylation sites is 1. The first-order chi connectivity index (χ1) is 15.5. The van der Waals surface area contributed by atoms with E-state index < -0.39 is 5.91 Å². The van der Waals surface area contributed by atoms with Crippen LogP contribution in [0.25, 0.3) is 5.57 Å². The lowest BCUT2D eigenvalue weighted by atomic mass is 9.94. The Kier molecular flexibility index (Phi) is 5.42. The number of aliphatic imine (C=N–C) groups is 1. The molecule has 0 bridgehead atoms. The zero-order valence-corrected chi connectivity index (χ0v) is 19.3. The fourth-order valence-corrected chi connectivity index (χ4v) is 6.19. The summed E-state index contributed by atoms with van der Waals surface area (Å²) in [6.07, 6.45) is 5.05. The highest BCUT2D eigenvalue weighted by Gasteiger charge is 2.45. The number of carbonyl (C=O) groups excluding carboxylic acids is 3. The van der Waals surface area contributed by atoms with Gasteiger partial charge in [0.2, 0.25) is 11.0 Å². The van der Waals surface area contributed by atoms with E-state index in [-0.39, 0.29) is 23.4 Å². The summed E-state index contributed by atoms with van der Waals surface area (Å²) < 4.78 is 0. The average Bonchev–Trinajstić information content (AvgIpc) is 3.41. The van der Waals surface area contributed by atoms with Gasteiger partial charge in [-0.05, 0) is 37.6 Å². The third-order valence-corrected chi connectivity index (χ3v) is 7.62. The molecule has 10 heteroatoms. The molecule has 0 radical (unpaired) electrons. The Balaban J connectivity index is 1.64. The molecule has 2 fully saturated rings. The van der Waals surface area contributed by atoms with Gasteiger partial charge >= 0.3 is 0 Å². The van der Waals surface area contributed by atoms with Crippen molar-refractivity contribution in [3.8, 4) is 0 Å². The number of hydrogen-bond acceptors (Lipinski definition) is 8. The first-order valence-electron chi connectivity index (χ1n) is 10.5. The van der Waals surface area contributed by atoms with Crippen molar-refractivity contribution in [3.63, 3.8) is 0 Å². The molecule has 8 nitrogen and oxygen atoms in total. The predicted molar refractivity (Wildman–Crippen MR) is 125 cm³/mol. The molecule has 2 aliphatic heterocycles. The molecule has 2 aromatic rings. The van der Waals surface area contributed by atoms with E-state index in [1.807, 2.05) is 6.92 Å². The lowest BCUT2D eigenvalue weighted by Crippen LogP contribution is -2.40. The van der Waals surface area contributed by atoms with Crippen molar-refractivity contribution < 1.29 is 14.4 Å². The van der Waals surface area contributed by atoms with E-state index in [0.717, 1.165) is 42.0 Å². The van der Waals surface area contributed by atoms with Gasteiger partial charge < -0.3 is 0 Å². The van der Waals surface area contributed by atoms with Gasteiger partial charge in [-0.2, -0.15) is 4.99 Å². The van der Waals surface area contributed by atoms with Crippen molar-refractivity contribution in [3.05, 3.63) is 39.7 Å². The van der Waals surface area contributed by atoms with Crippen LogP contribution in [0.2, 0.25) is 0 Å². The monoisotopic (exact) mass is 467 g/mol. The van der Waals surface area contributed by atoms with Gasteiger partial charge in [-0.1, -0.05) is 48.8 Å². The van der Waals surface area contributed by atoms with E-state index in [9.17, 15) is 14.4 Å². The summed E-state index contributed by atoms with van der Waals surface area (Å²) in [6.45, 7) is 3.20. The second-order valence-electron chi connectivity index (χ2n) is 7.95. The van der Waals surface area contributed by atoms with E-state index in [1.54, 1.807) is 29.2 Å². The molecule has 0 atom stereocenters. The molecule has 3 amide bonds. The molecule has 1 aliphatic carbocycles. The highest BCUT2D eigenvalue weighted by Crippen LogP contribution is 2.46. The number of hydrogen-bond donors (Lipinski definition) is 0. The number of benzene rings is 1. The first-order valence-corrected chi connectivity index (χ1v) is 12.2. The maximum Gasteiger partial charge on any atom is 0.267 e. The number of anilines is 1. The van der Waals surface area contributed by atoms with Crippen LogP contribution in [0.15, 0.2) is 34.2 Å². The summed E-state index contributed by atoms with van der Waals surface area (Å²) in [5.74, 6) is -1.08. The van der Waals surface area contributed by atoms with Gasteiger partial charge in [0.15, 0.2) is 5.17 Å². The van der Waals surface area contributed by atoms with Crippen LogP contribution in [-0.4, -0.2) is 44.0 Å². The summed E-state index contributed by atoms with van der Waals surface area (Å²) in [5.41, 5.74) is 1.38. The normalized spacial score (nSPS) is 22.9. The maximum atomic E-state index is 13.7. The zero-order chi connectivity index (χ0) is 22.4. The molecule has 1 aromatic heterocycles. The summed E-state index contributed by atoms with van der Waals surface area (Å²) in [4.78, 5) is 47.1. The van der Waals surface area contributed by atoms with Crippen LogP contribution >= 0.6 is 23.1 Å². The second-order valence-corrected chi connectivity index (χ2v) is 10.1. The van der Waals surface area contributed by atoms with E-state index in [4.69, 9.17) is 0 Å². The van der Waals surface area contributed by atoms with Crippen LogP contribution in [0.3, 0.4) is 0 Å². The molecule has 1 aromatic carbocycles. The number of rotatable bonds is 2. The van der Waals surface area contributed by atoms with Crippen molar-refractivity contribution in [2.75, 3.05) is 4.90 Å². The lowest BCUT2D eigenvalue weighted by Gasteiger charge is -2.30. The topological polar surface area (TPSA) is 95.8 Å². The number of thioether (sulfide) groups is 1. The molecule has 0 unspecified atom stereocenters. The van der Waals surface area contributed by atoms with E-state index >= 15 is 0 Å². The fraction of sp³-hybridized carbons (Fsp3) is 0.364. The predicted octanol–water partition coefficient (Wildman–Crippen LogP) is 4.05. The van der Waals surface area contributed by atoms with Crippen molar-refractivity contribution in [1.29, 1.82) is 0 Å². The molecule has 164 valence electrons. The Morgan fingerprint density at radius 3 is 2.53 bits per heavy atom. The molecule has 3 heterocycles. The number of nitrogens with zero attached hydrogens (tertiary/aromatic N) is 5. The summed E-state index contributed by atoms with van der Waals surface area (Å²) >= 11 is 2.54. The zero-order valence-electron chi connectivity index (χ0n) is 17.7. The van der Waals surface area contributed by atoms with Crippen molar-refractivity contribution in [2.45, 2.75) is 52.0 Å². The van der Waals surface area contributed by atoms with Crippen LogP contribution in [-0.2, 0) is 14.4 Å². The third kappa shape index (κ3) is 3.47. The van der Waals surface area contributed by atoms with Crippen LogP contribution in [0.4, 0.5) is 10.8 Å². The van der Waals surface area contributed by atoms with Gasteiger partial charge in [0.05, 0.1) is 16.2 Å². The average molecular weight is 468 g/mol. The smallest absolute Gasteiger partial charge is 0.267 e. The molecule has 0 spiro atoms. The van der Waals surface area contributed by atoms with Crippen LogP contribution < -0.4 is 4.90 Å². The number of amides is 3. The molecule has 0 N–H and O–H groups in total. The minimum Gasteiger partial charge on any atom is -0.283 e. The fourth-order valence-electron chi connectivity index (χ4n) is 4.44. The quantitative estimate of drug-likeness (QED) is 0.619. The first kappa shape index (κ1) is 21.0. The number of aromatic nitrogens is 2. The SMILES string of the molecule is CC(=O)N1C(=O)/C(=C2\S/C(=N/c3nnc(C)s3)N(C3CCCCC3)C2=O)c2ccccc21. The number of aryl methyl sites for hydroxylation is 1. The largest absolute Gasteiger partial charge is 0.283 e. The molecule has 1 saturated heterocycles. The standard InChI is InChI=1S/C22H21N5O3S2/c1-12-24-25-21(31-12)23-22-27(14-8-4-3-5-9-14)20(30)18(32-22)17-15-10-6-7-11-16(15)26(13(2)28)19(17)29/h6-7,10-11,14H,3-5,8-9H2,1-2H3/b18-17-,23-22+. The summed E-state index contributed by atoms with van der Waals surface area (Å²) in [5, 5.41) is 9.90. The second kappa shape index (κ2) is 8.25. The maximum absolute atomic E-state index is 13.7. The van der Waals surface area contributed by atoms with Crippen molar-refractivity contribution in [2.24, 2.45) is 4.99 Å². The molecular weight excluding hydrogens is 446 g/mol. The summed E-state index contributed by atoms with van der Waals surface area (Å²) in [6, 6.07) is 7.12. The van der Waals surface area contributed by atoms with Gasteiger partial charge in [-0.3, -0.25) is 19.3 Å². The van der Waals surface area contributed by atoms with Crippen LogP contribution in [0, 0.1) is 6.92 Å². The van der Waals surface area contributed by atoms with E-state index in [1.165, 1.54) is 30.0 Å². The molecule has 32 heavy (non-hydrogen) atoms. The van der Waals surface area contributed by atoms with Crippen LogP contribution in [0.5, 0.6) is 0 Å². The van der Waals surface area contributed by atoms with Gasteiger partial charge in [-0.15, -0.1) is 10.2 Å². The van der Waals surface area contributed by atoms with Gasteiger partial charge in [0.1, 0.15) is 5.01 Å². The minimum atomic E-state index is -0.467. The molecule has 5 rings (SSSR count). The highest BCUT2D eigenvalue weighted by atomic mass is 32.2. The third-order valence-electron chi connectivity index (χ3n) is 5.83. The molecule has 1 saturated carbocycles. The van der Waals surface area contributed by atoms with Gasteiger partial charge in [-0.25, -0.2) is 4.90 Å². The Morgan fingerprint density at radius 2 is 1.84 bits per heavy atom. The lowest BCUT2D eigenvalue weighted by molar-refractivity contribution is -0.125. The number of imide groups is 1. The Labute approximate surface area is 193 Å². The number of amidine groups is 1. The Bertz CT molecular complexity index is 1200. The molecular formula is C22H21N5O3S2. The minimum absolute atomic E-state index is 0.0327. The Morgan fingerprint density at radius 1 is 1.09 bits per heavy atom. The van der Waals surface area contributed by atoms with E-state index in [2.05, 4.69) is 15.2 Å². The van der Waals surface area contributed by atoms with Gasteiger partial charge in [0.25, 0.3) is 11.8 Å². The molecule has 3 aliphatic rings. The highest BCUT2D eigenvalue weighted by molar-refractivity contribution is 8.18. The van der Waals surface area contributed by atoms with Crippen LogP contribution in [0.1, 0.15) is 49.6 Å². The number of fused-ring (bicyclic) bond motifs is 1. The van der Waals surface area contributed by atoms with E-state index in [0.29, 0.717) is 26.5 Å². The summed E-state index contributed by atoms with van der Waals surface area (Å²) in [7, 11) is 0. The van der Waals surface area contributed by atoms with Gasteiger partial charge in [0, 0.05) is 18.5 Å². The Hall–Kier alpha value is -2.85. The van der Waals surface area contributed by atoms with Crippen molar-refractivity contribution in [1.82, 2.24) is 15.1 Å². The van der Waals surface area contributed by atoms with Crippen molar-refractivity contribution >= 4 is 62.4 Å². The number of carbonyl (C=O) groups is 3.